The van der Waals surface area contributed by atoms with Crippen LogP contribution in [0.3, 0.4) is 0 Å². The highest BCUT2D eigenvalue weighted by atomic mass is 79.9. The Bertz CT molecular complexity index is 547. The summed E-state index contributed by atoms with van der Waals surface area (Å²) in [5.74, 6) is 0.240. The van der Waals surface area contributed by atoms with Crippen LogP contribution in [0.2, 0.25) is 0 Å². The molecule has 0 saturated heterocycles. The Morgan fingerprint density at radius 3 is 3.00 bits per heavy atom. The minimum atomic E-state index is -0.393. The third kappa shape index (κ3) is 2.42. The van der Waals surface area contributed by atoms with Crippen LogP contribution in [0.15, 0.2) is 21.2 Å². The van der Waals surface area contributed by atoms with E-state index in [-0.39, 0.29) is 0 Å². The number of thiazole rings is 1. The average Bonchev–Trinajstić information content (AvgIpc) is 2.84. The van der Waals surface area contributed by atoms with Gasteiger partial charge >= 0.3 is 5.97 Å². The molecule has 0 aliphatic carbocycles. The van der Waals surface area contributed by atoms with Gasteiger partial charge in [0, 0.05) is 4.88 Å². The van der Waals surface area contributed by atoms with E-state index in [1.165, 1.54) is 11.3 Å². The Morgan fingerprint density at radius 1 is 1.65 bits per heavy atom. The van der Waals surface area contributed by atoms with Gasteiger partial charge in [-0.1, -0.05) is 0 Å². The van der Waals surface area contributed by atoms with Crippen molar-refractivity contribution in [3.8, 4) is 10.8 Å². The van der Waals surface area contributed by atoms with E-state index in [1.54, 1.807) is 19.3 Å². The maximum absolute atomic E-state index is 11.6. The van der Waals surface area contributed by atoms with Crippen molar-refractivity contribution in [1.29, 1.82) is 0 Å². The van der Waals surface area contributed by atoms with Crippen molar-refractivity contribution in [1.82, 2.24) is 4.98 Å². The van der Waals surface area contributed by atoms with E-state index < -0.39 is 5.97 Å². The lowest BCUT2D eigenvalue weighted by molar-refractivity contribution is 0.0519. The fourth-order valence-corrected chi connectivity index (χ4v) is 2.75. The number of esters is 1. The molecule has 4 nitrogen and oxygen atoms in total. The molecule has 2 rings (SSSR count). The van der Waals surface area contributed by atoms with Gasteiger partial charge < -0.3 is 9.15 Å². The van der Waals surface area contributed by atoms with Crippen LogP contribution in [0.5, 0.6) is 0 Å². The van der Waals surface area contributed by atoms with Gasteiger partial charge in [-0.2, -0.15) is 0 Å². The third-order valence-corrected chi connectivity index (χ3v) is 3.67. The second-order valence-corrected chi connectivity index (χ2v) is 5.30. The van der Waals surface area contributed by atoms with E-state index in [0.717, 1.165) is 9.35 Å². The van der Waals surface area contributed by atoms with Crippen molar-refractivity contribution in [3.63, 3.8) is 0 Å². The summed E-state index contributed by atoms with van der Waals surface area (Å²) in [5.41, 5.74) is 0.357. The number of hydrogen-bond acceptors (Lipinski definition) is 5. The summed E-state index contributed by atoms with van der Waals surface area (Å²) in [6, 6.07) is 1.79. The monoisotopic (exact) mass is 315 g/mol. The number of carbonyl (C=O) groups excluding carboxylic acids is 1. The second-order valence-electron chi connectivity index (χ2n) is 3.24. The van der Waals surface area contributed by atoms with Crippen LogP contribution >= 0.6 is 27.3 Å². The quantitative estimate of drug-likeness (QED) is 0.811. The van der Waals surface area contributed by atoms with Gasteiger partial charge in [-0.05, 0) is 35.8 Å². The molecule has 0 aliphatic heterocycles. The van der Waals surface area contributed by atoms with E-state index in [2.05, 4.69) is 20.9 Å². The smallest absolute Gasteiger partial charge is 0.358 e. The molecule has 0 fully saturated rings. The Hall–Kier alpha value is -1.14. The normalized spacial score (nSPS) is 10.5. The molecule has 0 saturated carbocycles. The molecular weight excluding hydrogens is 306 g/mol. The molecule has 0 atom stereocenters. The number of aryl methyl sites for hydroxylation is 1. The molecule has 6 heteroatoms. The molecule has 2 aromatic heterocycles. The first-order valence-electron chi connectivity index (χ1n) is 5.01. The van der Waals surface area contributed by atoms with E-state index in [0.29, 0.717) is 23.1 Å². The summed E-state index contributed by atoms with van der Waals surface area (Å²) >= 11 is 4.77. The van der Waals surface area contributed by atoms with Crippen molar-refractivity contribution >= 4 is 33.2 Å². The number of carbonyl (C=O) groups is 1. The summed E-state index contributed by atoms with van der Waals surface area (Å²) in [6.07, 6.45) is 1.57. The second kappa shape index (κ2) is 5.01. The number of rotatable bonds is 3. The molecule has 0 aliphatic rings. The van der Waals surface area contributed by atoms with Gasteiger partial charge in [-0.3, -0.25) is 0 Å². The van der Waals surface area contributed by atoms with Crippen LogP contribution in [0.4, 0.5) is 0 Å². The van der Waals surface area contributed by atoms with Gasteiger partial charge in [0.25, 0.3) is 0 Å². The van der Waals surface area contributed by atoms with Gasteiger partial charge in [0.1, 0.15) is 0 Å². The zero-order valence-electron chi connectivity index (χ0n) is 9.32. The fourth-order valence-electron chi connectivity index (χ4n) is 1.33. The van der Waals surface area contributed by atoms with Crippen molar-refractivity contribution in [3.05, 3.63) is 27.4 Å². The molecule has 0 radical (unpaired) electrons. The van der Waals surface area contributed by atoms with E-state index >= 15 is 0 Å². The van der Waals surface area contributed by atoms with Crippen LogP contribution in [-0.4, -0.2) is 17.6 Å². The van der Waals surface area contributed by atoms with Gasteiger partial charge in [-0.15, -0.1) is 11.3 Å². The Labute approximate surface area is 111 Å². The zero-order chi connectivity index (χ0) is 12.4. The molecule has 0 spiro atoms. The summed E-state index contributed by atoms with van der Waals surface area (Å²) in [6.45, 7) is 3.95. The van der Waals surface area contributed by atoms with Crippen LogP contribution in [0.25, 0.3) is 10.8 Å². The molecule has 2 aromatic rings. The largest absolute Gasteiger partial charge is 0.461 e. The topological polar surface area (TPSA) is 52.3 Å². The lowest BCUT2D eigenvalue weighted by atomic mass is 10.4. The van der Waals surface area contributed by atoms with Gasteiger partial charge in [0.15, 0.2) is 16.5 Å². The lowest BCUT2D eigenvalue weighted by Gasteiger charge is -1.97. The molecule has 17 heavy (non-hydrogen) atoms. The summed E-state index contributed by atoms with van der Waals surface area (Å²) < 4.78 is 11.1. The molecule has 0 amide bonds. The Kier molecular flexibility index (Phi) is 3.63. The van der Waals surface area contributed by atoms with Gasteiger partial charge in [0.05, 0.1) is 17.3 Å². The predicted octanol–water partition coefficient (Wildman–Crippen LogP) is 3.65. The van der Waals surface area contributed by atoms with E-state index in [1.807, 2.05) is 6.92 Å². The van der Waals surface area contributed by atoms with E-state index in [9.17, 15) is 4.79 Å². The van der Waals surface area contributed by atoms with Gasteiger partial charge in [0.2, 0.25) is 0 Å². The SMILES string of the molecule is CCOC(=O)c1nc(-c2occc2Br)sc1C. The van der Waals surface area contributed by atoms with Crippen LogP contribution in [-0.2, 0) is 4.74 Å². The maximum atomic E-state index is 11.6. The molecule has 0 aromatic carbocycles. The lowest BCUT2D eigenvalue weighted by Crippen LogP contribution is -2.06. The Morgan fingerprint density at radius 2 is 2.41 bits per heavy atom. The first kappa shape index (κ1) is 12.3. The molecule has 90 valence electrons. The van der Waals surface area contributed by atoms with Crippen LogP contribution < -0.4 is 0 Å². The average molecular weight is 316 g/mol. The molecule has 0 N–H and O–H groups in total. The van der Waals surface area contributed by atoms with Crippen LogP contribution in [0.1, 0.15) is 22.3 Å². The third-order valence-electron chi connectivity index (χ3n) is 2.08. The van der Waals surface area contributed by atoms with Gasteiger partial charge in [-0.25, -0.2) is 9.78 Å². The van der Waals surface area contributed by atoms with Crippen molar-refractivity contribution in [2.75, 3.05) is 6.61 Å². The van der Waals surface area contributed by atoms with E-state index in [4.69, 9.17) is 9.15 Å². The zero-order valence-corrected chi connectivity index (χ0v) is 11.7. The number of aromatic nitrogens is 1. The number of furan rings is 1. The number of halogens is 1. The summed E-state index contributed by atoms with van der Waals surface area (Å²) in [4.78, 5) is 16.7. The first-order valence-corrected chi connectivity index (χ1v) is 6.62. The Balaban J connectivity index is 2.37. The van der Waals surface area contributed by atoms with Crippen molar-refractivity contribution in [2.45, 2.75) is 13.8 Å². The highest BCUT2D eigenvalue weighted by Crippen LogP contribution is 2.33. The molecular formula is C11H10BrNO3S. The number of hydrogen-bond donors (Lipinski definition) is 0. The maximum Gasteiger partial charge on any atom is 0.358 e. The molecule has 0 unspecified atom stereocenters. The van der Waals surface area contributed by atoms with Crippen molar-refractivity contribution < 1.29 is 13.9 Å². The summed E-state index contributed by atoms with van der Waals surface area (Å²) in [7, 11) is 0. The highest BCUT2D eigenvalue weighted by Gasteiger charge is 2.19. The number of nitrogens with zero attached hydrogens (tertiary/aromatic N) is 1. The number of ether oxygens (including phenoxy) is 1. The first-order chi connectivity index (χ1) is 8.13. The summed E-state index contributed by atoms with van der Waals surface area (Å²) in [5, 5.41) is 0.669. The fraction of sp³-hybridized carbons (Fsp3) is 0.273. The molecule has 0 bridgehead atoms. The molecule has 2 heterocycles. The van der Waals surface area contributed by atoms with Crippen molar-refractivity contribution in [2.24, 2.45) is 0 Å². The minimum Gasteiger partial charge on any atom is -0.461 e. The minimum absolute atomic E-state index is 0.343. The standard InChI is InChI=1S/C11H10BrNO3S/c1-3-15-11(14)8-6(2)17-10(13-8)9-7(12)4-5-16-9/h4-5H,3H2,1-2H3. The highest BCUT2D eigenvalue weighted by molar-refractivity contribution is 9.10. The van der Waals surface area contributed by atoms with Crippen LogP contribution in [0, 0.1) is 6.92 Å². The predicted molar refractivity (Wildman–Crippen MR) is 68.2 cm³/mol.